The second-order valence-electron chi connectivity index (χ2n) is 3.65. The van der Waals surface area contributed by atoms with Crippen LogP contribution >= 0.6 is 11.3 Å². The average molecular weight is 212 g/mol. The number of hydrogen-bond acceptors (Lipinski definition) is 3. The predicted molar refractivity (Wildman–Crippen MR) is 63.1 cm³/mol. The molecule has 14 heavy (non-hydrogen) atoms. The number of rotatable bonds is 6. The Hall–Kier alpha value is -0.380. The lowest BCUT2D eigenvalue weighted by Gasteiger charge is -2.20. The highest BCUT2D eigenvalue weighted by Gasteiger charge is 2.15. The molecule has 0 aliphatic rings. The topological polar surface area (TPSA) is 38.0 Å². The summed E-state index contributed by atoms with van der Waals surface area (Å²) in [5.74, 6) is 6.35. The zero-order valence-corrected chi connectivity index (χ0v) is 9.81. The molecule has 1 aromatic heterocycles. The van der Waals surface area contributed by atoms with E-state index in [1.807, 2.05) is 0 Å². The summed E-state index contributed by atoms with van der Waals surface area (Å²) in [4.78, 5) is 1.35. The lowest BCUT2D eigenvalue weighted by atomic mass is 9.94. The molecule has 0 saturated carbocycles. The summed E-state index contributed by atoms with van der Waals surface area (Å²) in [6, 6.07) is 4.56. The number of thiophene rings is 1. The van der Waals surface area contributed by atoms with Crippen LogP contribution in [0.25, 0.3) is 0 Å². The molecule has 80 valence electrons. The molecule has 0 saturated heterocycles. The number of nitrogens with one attached hydrogen (secondary N) is 1. The largest absolute Gasteiger partial charge is 0.271 e. The van der Waals surface area contributed by atoms with Crippen LogP contribution in [0.1, 0.15) is 44.0 Å². The molecule has 3 heteroatoms. The van der Waals surface area contributed by atoms with Gasteiger partial charge in [-0.3, -0.25) is 11.3 Å². The third-order valence-corrected chi connectivity index (χ3v) is 3.80. The fraction of sp³-hybridized carbons (Fsp3) is 0.636. The number of nitrogens with two attached hydrogens (primary N) is 1. The highest BCUT2D eigenvalue weighted by atomic mass is 32.1. The number of hydrazine groups is 1. The van der Waals surface area contributed by atoms with Gasteiger partial charge in [0.25, 0.3) is 0 Å². The Morgan fingerprint density at radius 2 is 2.14 bits per heavy atom. The fourth-order valence-electron chi connectivity index (χ4n) is 1.71. The normalized spacial score (nSPS) is 13.4. The Morgan fingerprint density at radius 1 is 1.43 bits per heavy atom. The van der Waals surface area contributed by atoms with Gasteiger partial charge in [-0.2, -0.15) is 0 Å². The minimum atomic E-state index is 0.333. The number of hydrogen-bond donors (Lipinski definition) is 2. The van der Waals surface area contributed by atoms with Gasteiger partial charge in [0.1, 0.15) is 0 Å². The monoisotopic (exact) mass is 212 g/mol. The van der Waals surface area contributed by atoms with Gasteiger partial charge in [-0.15, -0.1) is 11.3 Å². The molecule has 0 aliphatic carbocycles. The Balaban J connectivity index is 2.55. The molecule has 0 spiro atoms. The van der Waals surface area contributed by atoms with Crippen molar-refractivity contribution in [3.63, 3.8) is 0 Å². The van der Waals surface area contributed by atoms with E-state index < -0.39 is 0 Å². The van der Waals surface area contributed by atoms with Crippen LogP contribution in [0.15, 0.2) is 17.5 Å². The van der Waals surface area contributed by atoms with Gasteiger partial charge in [0.05, 0.1) is 6.04 Å². The quantitative estimate of drug-likeness (QED) is 0.562. The molecule has 0 bridgehead atoms. The zero-order chi connectivity index (χ0) is 10.4. The van der Waals surface area contributed by atoms with E-state index in [-0.39, 0.29) is 0 Å². The van der Waals surface area contributed by atoms with Crippen LogP contribution in [-0.4, -0.2) is 0 Å². The van der Waals surface area contributed by atoms with E-state index in [0.29, 0.717) is 6.04 Å². The smallest absolute Gasteiger partial charge is 0.0555 e. The van der Waals surface area contributed by atoms with E-state index in [1.54, 1.807) is 11.3 Å². The van der Waals surface area contributed by atoms with Gasteiger partial charge in [0, 0.05) is 4.88 Å². The van der Waals surface area contributed by atoms with Crippen molar-refractivity contribution in [1.82, 2.24) is 5.43 Å². The highest BCUT2D eigenvalue weighted by Crippen LogP contribution is 2.27. The molecule has 1 unspecified atom stereocenters. The molecule has 1 atom stereocenters. The second-order valence-corrected chi connectivity index (χ2v) is 4.63. The zero-order valence-electron chi connectivity index (χ0n) is 8.99. The van der Waals surface area contributed by atoms with Crippen LogP contribution in [0.2, 0.25) is 0 Å². The first-order valence-corrected chi connectivity index (χ1v) is 6.19. The molecule has 0 aliphatic heterocycles. The molecule has 3 N–H and O–H groups in total. The highest BCUT2D eigenvalue weighted by molar-refractivity contribution is 7.10. The van der Waals surface area contributed by atoms with Crippen molar-refractivity contribution in [1.29, 1.82) is 0 Å². The molecule has 1 aromatic rings. The van der Waals surface area contributed by atoms with Crippen molar-refractivity contribution in [3.8, 4) is 0 Å². The first-order valence-electron chi connectivity index (χ1n) is 5.31. The van der Waals surface area contributed by atoms with Gasteiger partial charge < -0.3 is 0 Å². The molecule has 0 fully saturated rings. The lowest BCUT2D eigenvalue weighted by Crippen LogP contribution is -2.29. The van der Waals surface area contributed by atoms with Crippen LogP contribution < -0.4 is 11.3 Å². The van der Waals surface area contributed by atoms with Crippen molar-refractivity contribution in [3.05, 3.63) is 22.4 Å². The third-order valence-electron chi connectivity index (χ3n) is 2.81. The van der Waals surface area contributed by atoms with E-state index in [9.17, 15) is 0 Å². The molecular weight excluding hydrogens is 192 g/mol. The SMILES string of the molecule is CCC(CC)CC(NN)c1cccs1. The first kappa shape index (κ1) is 11.7. The third kappa shape index (κ3) is 3.08. The van der Waals surface area contributed by atoms with Gasteiger partial charge in [0.2, 0.25) is 0 Å². The Morgan fingerprint density at radius 3 is 2.57 bits per heavy atom. The molecule has 0 amide bonds. The van der Waals surface area contributed by atoms with Crippen molar-refractivity contribution in [2.24, 2.45) is 11.8 Å². The summed E-state index contributed by atoms with van der Waals surface area (Å²) < 4.78 is 0. The summed E-state index contributed by atoms with van der Waals surface area (Å²) >= 11 is 1.78. The van der Waals surface area contributed by atoms with Crippen LogP contribution in [0, 0.1) is 5.92 Å². The first-order chi connectivity index (χ1) is 6.81. The maximum atomic E-state index is 5.58. The van der Waals surface area contributed by atoms with E-state index in [2.05, 4.69) is 36.8 Å². The summed E-state index contributed by atoms with van der Waals surface area (Å²) in [6.45, 7) is 4.49. The summed E-state index contributed by atoms with van der Waals surface area (Å²) in [5, 5.41) is 2.10. The van der Waals surface area contributed by atoms with Gasteiger partial charge in [-0.25, -0.2) is 0 Å². The molecule has 1 heterocycles. The molecule has 0 aromatic carbocycles. The predicted octanol–water partition coefficient (Wildman–Crippen LogP) is 3.08. The molecule has 2 nitrogen and oxygen atoms in total. The van der Waals surface area contributed by atoms with Gasteiger partial charge in [-0.05, 0) is 23.8 Å². The lowest BCUT2D eigenvalue weighted by molar-refractivity contribution is 0.378. The summed E-state index contributed by atoms with van der Waals surface area (Å²) in [6.07, 6.45) is 3.62. The standard InChI is InChI=1S/C11H20N2S/c1-3-9(4-2)8-10(13-12)11-6-5-7-14-11/h5-7,9-10,13H,3-4,8,12H2,1-2H3. The Bertz CT molecular complexity index is 229. The van der Waals surface area contributed by atoms with Crippen LogP contribution in [0.5, 0.6) is 0 Å². The minimum absolute atomic E-state index is 0.333. The van der Waals surface area contributed by atoms with Crippen LogP contribution in [0.3, 0.4) is 0 Å². The average Bonchev–Trinajstić information content (AvgIpc) is 2.73. The van der Waals surface area contributed by atoms with E-state index in [4.69, 9.17) is 5.84 Å². The maximum Gasteiger partial charge on any atom is 0.0555 e. The van der Waals surface area contributed by atoms with E-state index in [0.717, 1.165) is 12.3 Å². The van der Waals surface area contributed by atoms with Crippen molar-refractivity contribution in [2.45, 2.75) is 39.2 Å². The van der Waals surface area contributed by atoms with Crippen molar-refractivity contribution in [2.75, 3.05) is 0 Å². The fourth-order valence-corrected chi connectivity index (χ4v) is 2.51. The Kier molecular flexibility index (Phi) is 5.15. The van der Waals surface area contributed by atoms with Gasteiger partial charge >= 0.3 is 0 Å². The van der Waals surface area contributed by atoms with Gasteiger partial charge in [0.15, 0.2) is 0 Å². The maximum absolute atomic E-state index is 5.58. The molecule has 1 rings (SSSR count). The van der Waals surface area contributed by atoms with E-state index in [1.165, 1.54) is 17.7 Å². The summed E-state index contributed by atoms with van der Waals surface area (Å²) in [7, 11) is 0. The van der Waals surface area contributed by atoms with Crippen LogP contribution in [0.4, 0.5) is 0 Å². The van der Waals surface area contributed by atoms with Crippen molar-refractivity contribution >= 4 is 11.3 Å². The minimum Gasteiger partial charge on any atom is -0.271 e. The van der Waals surface area contributed by atoms with E-state index >= 15 is 0 Å². The van der Waals surface area contributed by atoms with Crippen LogP contribution in [-0.2, 0) is 0 Å². The molecular formula is C11H20N2S. The summed E-state index contributed by atoms with van der Waals surface area (Å²) in [5.41, 5.74) is 2.91. The van der Waals surface area contributed by atoms with Gasteiger partial charge in [-0.1, -0.05) is 32.8 Å². The Labute approximate surface area is 90.5 Å². The molecule has 0 radical (unpaired) electrons. The van der Waals surface area contributed by atoms with Crippen molar-refractivity contribution < 1.29 is 0 Å². The second kappa shape index (κ2) is 6.17.